The van der Waals surface area contributed by atoms with Crippen LogP contribution in [-0.4, -0.2) is 19.0 Å². The summed E-state index contributed by atoms with van der Waals surface area (Å²) in [6.45, 7) is 3.45. The van der Waals surface area contributed by atoms with E-state index in [9.17, 15) is 39.5 Å². The average molecular weight is 692 g/mol. The van der Waals surface area contributed by atoms with Crippen molar-refractivity contribution in [1.82, 2.24) is 0 Å². The van der Waals surface area contributed by atoms with Crippen molar-refractivity contribution >= 4 is 11.8 Å². The van der Waals surface area contributed by atoms with E-state index in [-0.39, 0.29) is 29.5 Å². The van der Waals surface area contributed by atoms with E-state index in [0.29, 0.717) is 31.1 Å². The van der Waals surface area contributed by atoms with Gasteiger partial charge in [0.15, 0.2) is 0 Å². The first-order valence-electron chi connectivity index (χ1n) is 14.8. The quantitative estimate of drug-likeness (QED) is 0.124. The van der Waals surface area contributed by atoms with Gasteiger partial charge in [-0.3, -0.25) is 0 Å². The van der Waals surface area contributed by atoms with Crippen molar-refractivity contribution in [2.75, 3.05) is 19.0 Å². The second kappa shape index (κ2) is 15.6. The van der Waals surface area contributed by atoms with Crippen LogP contribution in [0.15, 0.2) is 42.5 Å². The molecule has 0 saturated carbocycles. The molecule has 0 radical (unpaired) electrons. The van der Waals surface area contributed by atoms with Crippen molar-refractivity contribution in [3.05, 3.63) is 93.8 Å². The number of nitrogens with zero attached hydrogens (tertiary/aromatic N) is 1. The first kappa shape index (κ1) is 36.3. The van der Waals surface area contributed by atoms with Crippen LogP contribution in [0.25, 0.3) is 0 Å². The molecule has 3 aromatic rings. The Balaban J connectivity index is 1.40. The number of hydrogen-bond acceptors (Lipinski definition) is 5. The second-order valence-corrected chi connectivity index (χ2v) is 12.2. The Labute approximate surface area is 269 Å². The van der Waals surface area contributed by atoms with Crippen LogP contribution in [0.5, 0.6) is 11.5 Å². The van der Waals surface area contributed by atoms with E-state index in [1.165, 1.54) is 6.07 Å². The van der Waals surface area contributed by atoms with Crippen molar-refractivity contribution < 1.29 is 53.7 Å². The summed E-state index contributed by atoms with van der Waals surface area (Å²) in [7, 11) is 0. The zero-order chi connectivity index (χ0) is 34.4. The zero-order valence-corrected chi connectivity index (χ0v) is 25.9. The van der Waals surface area contributed by atoms with Gasteiger partial charge in [-0.05, 0) is 48.6 Å². The summed E-state index contributed by atoms with van der Waals surface area (Å²) in [5.41, 5.74) is -3.97. The monoisotopic (exact) mass is 691 g/mol. The molecule has 0 aliphatic carbocycles. The highest BCUT2D eigenvalue weighted by Gasteiger charge is 2.43. The molecular formula is C33H30F9NO3S. The van der Waals surface area contributed by atoms with E-state index in [1.807, 2.05) is 0 Å². The van der Waals surface area contributed by atoms with Gasteiger partial charge in [-0.15, -0.1) is 0 Å². The molecule has 1 aliphatic rings. The van der Waals surface area contributed by atoms with Gasteiger partial charge in [0.25, 0.3) is 0 Å². The molecule has 14 heteroatoms. The highest BCUT2D eigenvalue weighted by molar-refractivity contribution is 7.99. The topological polar surface area (TPSA) is 51.5 Å². The highest BCUT2D eigenvalue weighted by atomic mass is 32.2. The molecule has 0 amide bonds. The molecule has 0 bridgehead atoms. The molecule has 0 aromatic heterocycles. The fraction of sp³-hybridized carbons (Fsp3) is 0.424. The molecule has 1 heterocycles. The number of nitriles is 1. The SMILES string of the molecule is CCCCCCOCC1CCC(c2ccc(C(F)(F)Oc3cc(F)c(C(F)(F)Oc4cc(F)c(C#N)c(F)c4)c(F)c3)c(F)c2)SC1. The fourth-order valence-electron chi connectivity index (χ4n) is 5.05. The summed E-state index contributed by atoms with van der Waals surface area (Å²) in [4.78, 5) is 0. The van der Waals surface area contributed by atoms with Crippen molar-refractivity contribution in [2.45, 2.75) is 62.9 Å². The maximum absolute atomic E-state index is 15.0. The Bertz CT molecular complexity index is 1540. The van der Waals surface area contributed by atoms with E-state index in [2.05, 4.69) is 16.4 Å². The lowest BCUT2D eigenvalue weighted by atomic mass is 9.99. The maximum Gasteiger partial charge on any atom is 0.432 e. The molecule has 254 valence electrons. The van der Waals surface area contributed by atoms with E-state index >= 15 is 0 Å². The number of hydrogen-bond donors (Lipinski definition) is 0. The second-order valence-electron chi connectivity index (χ2n) is 11.0. The van der Waals surface area contributed by atoms with Gasteiger partial charge in [0.05, 0.1) is 12.2 Å². The number of benzene rings is 3. The van der Waals surface area contributed by atoms with Crippen molar-refractivity contribution in [3.63, 3.8) is 0 Å². The third kappa shape index (κ3) is 9.07. The summed E-state index contributed by atoms with van der Waals surface area (Å²) in [6.07, 6.45) is -3.46. The van der Waals surface area contributed by atoms with Crippen molar-refractivity contribution in [1.29, 1.82) is 5.26 Å². The lowest BCUT2D eigenvalue weighted by Crippen LogP contribution is -2.27. The smallest absolute Gasteiger partial charge is 0.429 e. The molecule has 4 nitrogen and oxygen atoms in total. The molecule has 3 aromatic carbocycles. The minimum atomic E-state index is -4.90. The van der Waals surface area contributed by atoms with Gasteiger partial charge in [0, 0.05) is 36.1 Å². The number of halogens is 9. The molecule has 2 unspecified atom stereocenters. The molecule has 0 N–H and O–H groups in total. The minimum absolute atomic E-state index is 0.000179. The van der Waals surface area contributed by atoms with Gasteiger partial charge in [0.1, 0.15) is 57.8 Å². The Morgan fingerprint density at radius 1 is 0.787 bits per heavy atom. The predicted molar refractivity (Wildman–Crippen MR) is 156 cm³/mol. The molecular weight excluding hydrogens is 661 g/mol. The van der Waals surface area contributed by atoms with Crippen LogP contribution < -0.4 is 9.47 Å². The normalized spacial score (nSPS) is 17.0. The van der Waals surface area contributed by atoms with Crippen molar-refractivity contribution in [2.24, 2.45) is 5.92 Å². The van der Waals surface area contributed by atoms with Gasteiger partial charge in [-0.2, -0.15) is 34.6 Å². The Hall–Kier alpha value is -3.57. The molecule has 47 heavy (non-hydrogen) atoms. The lowest BCUT2D eigenvalue weighted by Gasteiger charge is -2.28. The highest BCUT2D eigenvalue weighted by Crippen LogP contribution is 2.43. The van der Waals surface area contributed by atoms with Gasteiger partial charge in [-0.25, -0.2) is 22.0 Å². The van der Waals surface area contributed by atoms with Gasteiger partial charge >= 0.3 is 12.2 Å². The number of thioether (sulfide) groups is 1. The molecule has 1 fully saturated rings. The van der Waals surface area contributed by atoms with E-state index < -0.39 is 69.5 Å². The number of ether oxygens (including phenoxy) is 3. The number of rotatable bonds is 14. The van der Waals surface area contributed by atoms with Crippen LogP contribution in [0.4, 0.5) is 39.5 Å². The third-order valence-corrected chi connectivity index (χ3v) is 9.04. The predicted octanol–water partition coefficient (Wildman–Crippen LogP) is 10.3. The molecule has 2 atom stereocenters. The minimum Gasteiger partial charge on any atom is -0.429 e. The zero-order valence-electron chi connectivity index (χ0n) is 25.0. The Kier molecular flexibility index (Phi) is 12.0. The van der Waals surface area contributed by atoms with Gasteiger partial charge < -0.3 is 14.2 Å². The summed E-state index contributed by atoms with van der Waals surface area (Å²) in [6, 6.07) is 4.57. The fourth-order valence-corrected chi connectivity index (χ4v) is 6.46. The number of unbranched alkanes of at least 4 members (excludes halogenated alkanes) is 3. The molecule has 4 rings (SSSR count). The average Bonchev–Trinajstić information content (AvgIpc) is 2.98. The largest absolute Gasteiger partial charge is 0.432 e. The van der Waals surface area contributed by atoms with E-state index in [0.717, 1.165) is 56.1 Å². The molecule has 0 spiro atoms. The third-order valence-electron chi connectivity index (χ3n) is 7.47. The number of alkyl halides is 4. The van der Waals surface area contributed by atoms with Crippen LogP contribution in [0.2, 0.25) is 0 Å². The Morgan fingerprint density at radius 3 is 1.96 bits per heavy atom. The van der Waals surface area contributed by atoms with Crippen LogP contribution in [0, 0.1) is 46.3 Å². The maximum atomic E-state index is 15.0. The first-order chi connectivity index (χ1) is 22.3. The molecule has 1 saturated heterocycles. The van der Waals surface area contributed by atoms with Crippen molar-refractivity contribution in [3.8, 4) is 17.6 Å². The van der Waals surface area contributed by atoms with E-state index in [1.54, 1.807) is 11.8 Å². The summed E-state index contributed by atoms with van der Waals surface area (Å²) in [5.74, 6) is -10.1. The Morgan fingerprint density at radius 2 is 1.40 bits per heavy atom. The lowest BCUT2D eigenvalue weighted by molar-refractivity contribution is -0.191. The first-order valence-corrected chi connectivity index (χ1v) is 15.8. The van der Waals surface area contributed by atoms with Crippen LogP contribution in [0.3, 0.4) is 0 Å². The van der Waals surface area contributed by atoms with Gasteiger partial charge in [0.2, 0.25) is 0 Å². The standard InChI is InChI=1S/C33H30F9NO3S/c1-2-3-4-5-10-44-17-19-6-9-30(47-18-19)20-7-8-24(27(36)11-20)32(39,40)45-22-14-28(37)31(29(38)15-22)33(41,42)46-21-12-25(34)23(16-43)26(35)13-21/h7-8,11-15,19,30H,2-6,9-10,17-18H2,1H3. The van der Waals surface area contributed by atoms with Crippen LogP contribution in [-0.2, 0) is 17.0 Å². The van der Waals surface area contributed by atoms with Gasteiger partial charge in [-0.1, -0.05) is 32.3 Å². The van der Waals surface area contributed by atoms with E-state index in [4.69, 9.17) is 10.00 Å². The molecule has 1 aliphatic heterocycles. The summed E-state index contributed by atoms with van der Waals surface area (Å²) in [5, 5.41) is 8.53. The summed E-state index contributed by atoms with van der Waals surface area (Å²) >= 11 is 1.56. The van der Waals surface area contributed by atoms with Crippen LogP contribution >= 0.6 is 11.8 Å². The van der Waals surface area contributed by atoms with Crippen LogP contribution in [0.1, 0.15) is 73.0 Å². The summed E-state index contributed by atoms with van der Waals surface area (Å²) < 4.78 is 145.